The van der Waals surface area contributed by atoms with Crippen LogP contribution in [0.1, 0.15) is 44.5 Å². The summed E-state index contributed by atoms with van der Waals surface area (Å²) in [6.07, 6.45) is 0. The third-order valence-corrected chi connectivity index (χ3v) is 28.4. The summed E-state index contributed by atoms with van der Waals surface area (Å²) in [5.41, 5.74) is 31.8. The number of para-hydroxylation sites is 6. The zero-order chi connectivity index (χ0) is 79.3. The molecule has 4 aliphatic carbocycles. The molecule has 0 saturated carbocycles. The van der Waals surface area contributed by atoms with Gasteiger partial charge in [0.1, 0.15) is 11.4 Å². The van der Waals surface area contributed by atoms with Crippen LogP contribution in [0.25, 0.3) is 84.9 Å². The van der Waals surface area contributed by atoms with Crippen molar-refractivity contribution in [1.29, 1.82) is 0 Å². The molecule has 3 radical (unpaired) electrons. The van der Waals surface area contributed by atoms with Crippen molar-refractivity contribution in [3.05, 3.63) is 437 Å². The largest absolute Gasteiger partial charge is 0.453 e. The van der Waals surface area contributed by atoms with Crippen LogP contribution in [0.4, 0.5) is 62.6 Å². The number of anilines is 11. The first kappa shape index (κ1) is 70.4. The van der Waals surface area contributed by atoms with Gasteiger partial charge in [-0.3, -0.25) is 9.80 Å². The van der Waals surface area contributed by atoms with E-state index in [-0.39, 0.29) is 13.8 Å². The lowest BCUT2D eigenvalue weighted by Gasteiger charge is -2.38. The molecule has 28 rings (SSSR count). The smallest absolute Gasteiger partial charge is 0.155 e. The number of rotatable bonds is 5. The van der Waals surface area contributed by atoms with Gasteiger partial charge < -0.3 is 29.2 Å². The summed E-state index contributed by atoms with van der Waals surface area (Å²) in [4.78, 5) is 6.98. The minimum atomic E-state index is -0.469. The average Bonchev–Trinajstić information content (AvgIpc) is 1.51. The molecule has 0 unspecified atom stereocenters. The zero-order valence-corrected chi connectivity index (χ0v) is 68.4. The van der Waals surface area contributed by atoms with Crippen molar-refractivity contribution < 1.29 is 18.9 Å². The normalized spacial score (nSPS) is 13.7. The minimum absolute atomic E-state index is 0. The summed E-state index contributed by atoms with van der Waals surface area (Å²) in [6.45, 7) is 0. The second-order valence-electron chi connectivity index (χ2n) is 31.7. The second kappa shape index (κ2) is 26.9. The van der Waals surface area contributed by atoms with E-state index in [9.17, 15) is 0 Å². The molecule has 122 heavy (non-hydrogen) atoms. The van der Waals surface area contributed by atoms with E-state index in [1.54, 1.807) is 0 Å². The molecule has 0 bridgehead atoms. The topological polar surface area (TPSA) is 58.7 Å². The Kier molecular flexibility index (Phi) is 15.5. The van der Waals surface area contributed by atoms with Gasteiger partial charge in [0.15, 0.2) is 46.0 Å². The maximum atomic E-state index is 6.69. The highest BCUT2D eigenvalue weighted by atomic mass is 79.9. The third kappa shape index (κ3) is 9.96. The molecule has 6 heterocycles. The lowest BCUT2D eigenvalue weighted by Crippen LogP contribution is -2.26. The predicted octanol–water partition coefficient (Wildman–Crippen LogP) is 31.4. The molecule has 0 atom stereocenters. The Labute approximate surface area is 721 Å². The Morgan fingerprint density at radius 1 is 0.270 bits per heavy atom. The summed E-state index contributed by atoms with van der Waals surface area (Å²) in [5.74, 6) is 6.45. The molecule has 8 nitrogen and oxygen atoms in total. The van der Waals surface area contributed by atoms with E-state index >= 15 is 0 Å². The van der Waals surface area contributed by atoms with Crippen molar-refractivity contribution in [1.82, 2.24) is 0 Å². The van der Waals surface area contributed by atoms with Crippen molar-refractivity contribution >= 4 is 150 Å². The minimum Gasteiger partial charge on any atom is -0.453 e. The highest BCUT2D eigenvalue weighted by Crippen LogP contribution is 2.68. The van der Waals surface area contributed by atoms with Gasteiger partial charge in [0.25, 0.3) is 0 Å². The molecule has 1 N–H and O–H groups in total. The van der Waals surface area contributed by atoms with E-state index in [4.69, 9.17) is 18.9 Å². The van der Waals surface area contributed by atoms with Crippen LogP contribution in [0.2, 0.25) is 0 Å². The quantitative estimate of drug-likeness (QED) is 0.171. The Bertz CT molecular complexity index is 7730. The van der Waals surface area contributed by atoms with Crippen LogP contribution in [-0.2, 0) is 10.8 Å². The summed E-state index contributed by atoms with van der Waals surface area (Å²) < 4.78 is 31.4. The van der Waals surface area contributed by atoms with E-state index < -0.39 is 5.41 Å². The lowest BCUT2D eigenvalue weighted by atomic mass is 9.70. The Balaban J connectivity index is 0.000000113. The van der Waals surface area contributed by atoms with Gasteiger partial charge in [0.05, 0.1) is 39.3 Å². The van der Waals surface area contributed by atoms with E-state index in [0.717, 1.165) is 113 Å². The van der Waals surface area contributed by atoms with Crippen molar-refractivity contribution in [2.75, 3.05) is 20.0 Å². The number of nitrogens with one attached hydrogen (secondary N) is 1. The van der Waals surface area contributed by atoms with E-state index in [2.05, 4.69) is 345 Å². The predicted molar refractivity (Wildman–Crippen MR) is 505 cm³/mol. The number of nitrogens with zero attached hydrogens (tertiary/aromatic N) is 3. The average molecular weight is 1660 g/mol. The zero-order valence-electron chi connectivity index (χ0n) is 65.2. The Morgan fingerprint density at radius 2 is 0.623 bits per heavy atom. The Morgan fingerprint density at radius 3 is 1.13 bits per heavy atom. The van der Waals surface area contributed by atoms with Crippen molar-refractivity contribution in [2.24, 2.45) is 0 Å². The molecular weight excluding hydrogens is 1600 g/mol. The van der Waals surface area contributed by atoms with E-state index in [1.807, 2.05) is 102 Å². The lowest BCUT2D eigenvalue weighted by molar-refractivity contribution is 0.445. The number of halogens is 1. The Hall–Kier alpha value is -14.7. The van der Waals surface area contributed by atoms with Crippen LogP contribution >= 0.6 is 38.6 Å². The highest BCUT2D eigenvalue weighted by Gasteiger charge is 2.54. The first-order chi connectivity index (χ1) is 59.9. The van der Waals surface area contributed by atoms with E-state index in [0.29, 0.717) is 0 Å². The first-order valence-corrected chi connectivity index (χ1v) is 43.3. The molecule has 2 aromatic heterocycles. The number of benzene rings is 18. The number of fused-ring (bicyclic) bond motifs is 34. The molecule has 0 fully saturated rings. The fourth-order valence-corrected chi connectivity index (χ4v) is 23.5. The standard InChI is InChI=1S/C55H32N2O2S.C37H23NS.C18H10BrNO2.B/c1-5-17-40-35(13-1)36-14-2-6-18-41(36)55(40)42-19-7-3-15-37(42)38-29-27-33(31-43(38)55)56(45-21-11-26-52-53(45)39-16-4-10-25-51(39)60-52)34-28-30-48-46(32-34)57-44-20-8-9-22-47(44)58-49-23-12-24-50(59-48)54(49)57;1-5-14-29-24(10-1)25-11-2-6-15-30(25)37(29)31-16-7-3-12-26(31)27-21-20-23(22-32(27)37)38-33-17-9-19-35-36(33)28-13-4-8-18-34(28)39-35;19-11-8-9-15-13(10-11)20-12-4-1-2-5-14(12)21-16-6-3-7-17(22-15)18(16)20;/h1-32H;1-22,38H;1-10H;. The highest BCUT2D eigenvalue weighted by molar-refractivity contribution is 9.10. The molecule has 4 aliphatic heterocycles. The summed E-state index contributed by atoms with van der Waals surface area (Å²) in [6, 6.07) is 140. The summed E-state index contributed by atoms with van der Waals surface area (Å²) in [5, 5.41) is 8.95. The van der Waals surface area contributed by atoms with Gasteiger partial charge in [-0.15, -0.1) is 22.7 Å². The second-order valence-corrected chi connectivity index (χ2v) is 34.8. The van der Waals surface area contributed by atoms with Gasteiger partial charge in [-0.05, 0) is 235 Å². The number of ether oxygens (including phenoxy) is 4. The fourth-order valence-electron chi connectivity index (χ4n) is 20.9. The van der Waals surface area contributed by atoms with Crippen LogP contribution in [0.5, 0.6) is 46.0 Å². The molecule has 0 saturated heterocycles. The van der Waals surface area contributed by atoms with Crippen LogP contribution in [0, 0.1) is 0 Å². The van der Waals surface area contributed by atoms with Crippen LogP contribution in [0.15, 0.2) is 393 Å². The van der Waals surface area contributed by atoms with Crippen molar-refractivity contribution in [3.8, 4) is 90.5 Å². The fraction of sp³-hybridized carbons (Fsp3) is 0.0182. The van der Waals surface area contributed by atoms with E-state index in [1.165, 1.54) is 129 Å². The van der Waals surface area contributed by atoms with Gasteiger partial charge in [0, 0.05) is 76.0 Å². The van der Waals surface area contributed by atoms with Gasteiger partial charge >= 0.3 is 0 Å². The van der Waals surface area contributed by atoms with Crippen LogP contribution < -0.4 is 39.0 Å². The van der Waals surface area contributed by atoms with Gasteiger partial charge in [-0.2, -0.15) is 0 Å². The maximum absolute atomic E-state index is 6.69. The maximum Gasteiger partial charge on any atom is 0.155 e. The SMILES string of the molecule is Brc1ccc2c(c1)N1c3ccccc3Oc3cccc(c31)O2.[B].c1ccc2c(c1)-c1ccccc1C21c2ccccc2-c2ccc(Nc3cccc4sc5ccccc5c34)cc21.c1ccc2c(c1)Oc1cccc3c1N2c1cc(N(c2ccc4c(c2)C2(c5ccccc5-c5ccccc52)c2ccccc2-4)c2cccc4sc5ccccc5c24)ccc1O3. The molecule has 2 spiro atoms. The number of hydrogen-bond acceptors (Lipinski definition) is 10. The third-order valence-electron chi connectivity index (χ3n) is 25.6. The number of hydrogen-bond donors (Lipinski definition) is 1. The van der Waals surface area contributed by atoms with Crippen molar-refractivity contribution in [2.45, 2.75) is 10.8 Å². The molecule has 12 heteroatoms. The van der Waals surface area contributed by atoms with Gasteiger partial charge in [0.2, 0.25) is 0 Å². The molecule has 20 aromatic rings. The molecule has 8 aliphatic rings. The summed E-state index contributed by atoms with van der Waals surface area (Å²) >= 11 is 7.25. The van der Waals surface area contributed by atoms with Gasteiger partial charge in [-0.1, -0.05) is 259 Å². The first-order valence-electron chi connectivity index (χ1n) is 40.9. The van der Waals surface area contributed by atoms with Crippen molar-refractivity contribution in [3.63, 3.8) is 0 Å². The molecular formula is C110H65BBrN4O4S2. The monoisotopic (exact) mass is 1660 g/mol. The molecule has 18 aromatic carbocycles. The molecule has 0 amide bonds. The summed E-state index contributed by atoms with van der Waals surface area (Å²) in [7, 11) is 0. The van der Waals surface area contributed by atoms with Crippen LogP contribution in [0.3, 0.4) is 0 Å². The van der Waals surface area contributed by atoms with Crippen LogP contribution in [-0.4, -0.2) is 8.41 Å². The van der Waals surface area contributed by atoms with Gasteiger partial charge in [-0.25, -0.2) is 0 Å². The molecule has 571 valence electrons. The number of thiophene rings is 2.